The lowest BCUT2D eigenvalue weighted by Crippen LogP contribution is -2.40. The lowest BCUT2D eigenvalue weighted by molar-refractivity contribution is -0.133. The molecule has 3 rings (SSSR count). The fourth-order valence-electron chi connectivity index (χ4n) is 3.90. The lowest BCUT2D eigenvalue weighted by Gasteiger charge is -2.33. The van der Waals surface area contributed by atoms with Gasteiger partial charge in [-0.25, -0.2) is 4.98 Å². The van der Waals surface area contributed by atoms with Crippen LogP contribution in [0.25, 0.3) is 11.0 Å². The molecule has 6 nitrogen and oxygen atoms in total. The number of aryl methyl sites for hydroxylation is 3. The van der Waals surface area contributed by atoms with Gasteiger partial charge >= 0.3 is 0 Å². The normalized spacial score (nSPS) is 17.1. The molecule has 152 valence electrons. The molecule has 0 saturated carbocycles. The van der Waals surface area contributed by atoms with Crippen LogP contribution >= 0.6 is 0 Å². The molecule has 2 aromatic rings. The Labute approximate surface area is 167 Å². The van der Waals surface area contributed by atoms with Gasteiger partial charge in [-0.2, -0.15) is 0 Å². The van der Waals surface area contributed by atoms with Gasteiger partial charge in [0.2, 0.25) is 11.8 Å². The molecule has 2 heterocycles. The fourth-order valence-corrected chi connectivity index (χ4v) is 3.90. The molecule has 0 bridgehead atoms. The maximum absolute atomic E-state index is 12.7. The summed E-state index contributed by atoms with van der Waals surface area (Å²) < 4.78 is 0. The van der Waals surface area contributed by atoms with Gasteiger partial charge in [-0.05, 0) is 62.3 Å². The van der Waals surface area contributed by atoms with Crippen molar-refractivity contribution in [3.05, 3.63) is 29.1 Å². The summed E-state index contributed by atoms with van der Waals surface area (Å²) in [6.07, 6.45) is 4.66. The number of nitrogens with zero attached hydrogens (tertiary/aromatic N) is 3. The molecule has 0 aliphatic carbocycles. The Kier molecular flexibility index (Phi) is 6.37. The molecule has 1 aromatic heterocycles. The van der Waals surface area contributed by atoms with Gasteiger partial charge in [-0.15, -0.1) is 0 Å². The number of aromatic nitrogens is 2. The number of hydrogen-bond donors (Lipinski definition) is 1. The Morgan fingerprint density at radius 3 is 2.71 bits per heavy atom. The second-order valence-electron chi connectivity index (χ2n) is 8.31. The maximum atomic E-state index is 12.7. The van der Waals surface area contributed by atoms with Crippen molar-refractivity contribution in [2.45, 2.75) is 52.4 Å². The Balaban J connectivity index is 1.52. The number of piperidine rings is 1. The lowest BCUT2D eigenvalue weighted by atomic mass is 9.93. The Morgan fingerprint density at radius 2 is 1.96 bits per heavy atom. The molecule has 0 spiro atoms. The van der Waals surface area contributed by atoms with Crippen molar-refractivity contribution in [3.8, 4) is 0 Å². The van der Waals surface area contributed by atoms with E-state index in [2.05, 4.69) is 35.9 Å². The number of hydrogen-bond acceptors (Lipinski definition) is 3. The van der Waals surface area contributed by atoms with Gasteiger partial charge in [-0.3, -0.25) is 9.59 Å². The SMILES string of the molecule is Cc1cc2nc(CCC(=O)N3CCCC(CCC(=O)N(C)C)C3)[nH]c2cc1C. The molecular weight excluding hydrogens is 352 g/mol. The van der Waals surface area contributed by atoms with Crippen LogP contribution in [-0.2, 0) is 16.0 Å². The highest BCUT2D eigenvalue weighted by atomic mass is 16.2. The van der Waals surface area contributed by atoms with E-state index in [0.717, 1.165) is 49.2 Å². The molecule has 1 fully saturated rings. The van der Waals surface area contributed by atoms with Crippen LogP contribution in [-0.4, -0.2) is 58.8 Å². The number of likely N-dealkylation sites (tertiary alicyclic amines) is 1. The number of rotatable bonds is 6. The summed E-state index contributed by atoms with van der Waals surface area (Å²) in [5.41, 5.74) is 4.47. The molecule has 1 aromatic carbocycles. The summed E-state index contributed by atoms with van der Waals surface area (Å²) in [5.74, 6) is 1.66. The predicted octanol–water partition coefficient (Wildman–Crippen LogP) is 3.22. The Morgan fingerprint density at radius 1 is 1.21 bits per heavy atom. The maximum Gasteiger partial charge on any atom is 0.223 e. The minimum absolute atomic E-state index is 0.166. The zero-order valence-electron chi connectivity index (χ0n) is 17.5. The first-order chi connectivity index (χ1) is 13.3. The second kappa shape index (κ2) is 8.76. The van der Waals surface area contributed by atoms with Crippen LogP contribution in [0.2, 0.25) is 0 Å². The topological polar surface area (TPSA) is 69.3 Å². The van der Waals surface area contributed by atoms with Crippen LogP contribution in [0.1, 0.15) is 49.1 Å². The van der Waals surface area contributed by atoms with Crippen LogP contribution in [0.4, 0.5) is 0 Å². The standard InChI is InChI=1S/C22H32N4O2/c1-15-12-18-19(13-16(15)2)24-20(23-18)8-10-22(28)26-11-5-6-17(14-26)7-9-21(27)25(3)4/h12-13,17H,5-11,14H2,1-4H3,(H,23,24). The molecule has 6 heteroatoms. The molecule has 1 aliphatic heterocycles. The van der Waals surface area contributed by atoms with E-state index in [1.807, 2.05) is 4.90 Å². The number of amides is 2. The molecule has 1 unspecified atom stereocenters. The van der Waals surface area contributed by atoms with E-state index in [0.29, 0.717) is 25.2 Å². The summed E-state index contributed by atoms with van der Waals surface area (Å²) in [4.78, 5) is 36.1. The predicted molar refractivity (Wildman–Crippen MR) is 111 cm³/mol. The van der Waals surface area contributed by atoms with E-state index in [-0.39, 0.29) is 11.8 Å². The molecule has 1 saturated heterocycles. The van der Waals surface area contributed by atoms with Crippen molar-refractivity contribution < 1.29 is 9.59 Å². The van der Waals surface area contributed by atoms with E-state index in [4.69, 9.17) is 0 Å². The minimum Gasteiger partial charge on any atom is -0.349 e. The van der Waals surface area contributed by atoms with Gasteiger partial charge < -0.3 is 14.8 Å². The summed E-state index contributed by atoms with van der Waals surface area (Å²) >= 11 is 0. The Hall–Kier alpha value is -2.37. The number of imidazole rings is 1. The van der Waals surface area contributed by atoms with Crippen molar-refractivity contribution in [2.24, 2.45) is 5.92 Å². The second-order valence-corrected chi connectivity index (χ2v) is 8.31. The third-order valence-electron chi connectivity index (χ3n) is 5.86. The number of nitrogens with one attached hydrogen (secondary N) is 1. The van der Waals surface area contributed by atoms with E-state index in [9.17, 15) is 9.59 Å². The molecule has 2 amide bonds. The first-order valence-corrected chi connectivity index (χ1v) is 10.3. The van der Waals surface area contributed by atoms with Gasteiger partial charge in [0, 0.05) is 46.4 Å². The zero-order chi connectivity index (χ0) is 20.3. The quantitative estimate of drug-likeness (QED) is 0.831. The van der Waals surface area contributed by atoms with Gasteiger partial charge in [0.15, 0.2) is 0 Å². The highest BCUT2D eigenvalue weighted by Crippen LogP contribution is 2.22. The molecule has 1 N–H and O–H groups in total. The van der Waals surface area contributed by atoms with Crippen molar-refractivity contribution in [3.63, 3.8) is 0 Å². The summed E-state index contributed by atoms with van der Waals surface area (Å²) in [6.45, 7) is 5.79. The number of benzene rings is 1. The largest absolute Gasteiger partial charge is 0.349 e. The summed E-state index contributed by atoms with van der Waals surface area (Å²) in [7, 11) is 3.58. The molecule has 28 heavy (non-hydrogen) atoms. The van der Waals surface area contributed by atoms with Crippen LogP contribution in [0.15, 0.2) is 12.1 Å². The van der Waals surface area contributed by atoms with Crippen LogP contribution in [0.5, 0.6) is 0 Å². The van der Waals surface area contributed by atoms with Crippen molar-refractivity contribution in [1.29, 1.82) is 0 Å². The number of carbonyl (C=O) groups is 2. The average Bonchev–Trinajstić information content (AvgIpc) is 3.06. The van der Waals surface area contributed by atoms with E-state index in [1.165, 1.54) is 11.1 Å². The van der Waals surface area contributed by atoms with Crippen molar-refractivity contribution in [2.75, 3.05) is 27.2 Å². The van der Waals surface area contributed by atoms with E-state index in [1.54, 1.807) is 19.0 Å². The highest BCUT2D eigenvalue weighted by Gasteiger charge is 2.24. The fraction of sp³-hybridized carbons (Fsp3) is 0.591. The number of H-pyrrole nitrogens is 1. The third kappa shape index (κ3) is 4.91. The summed E-state index contributed by atoms with van der Waals surface area (Å²) in [6, 6.07) is 4.21. The number of carbonyl (C=O) groups excluding carboxylic acids is 2. The first kappa shape index (κ1) is 20.4. The molecule has 1 aliphatic rings. The van der Waals surface area contributed by atoms with Gasteiger partial charge in [-0.1, -0.05) is 0 Å². The number of fused-ring (bicyclic) bond motifs is 1. The van der Waals surface area contributed by atoms with Crippen LogP contribution in [0, 0.1) is 19.8 Å². The highest BCUT2D eigenvalue weighted by molar-refractivity contribution is 5.78. The van der Waals surface area contributed by atoms with Crippen LogP contribution < -0.4 is 0 Å². The van der Waals surface area contributed by atoms with Crippen molar-refractivity contribution in [1.82, 2.24) is 19.8 Å². The van der Waals surface area contributed by atoms with Gasteiger partial charge in [0.25, 0.3) is 0 Å². The summed E-state index contributed by atoms with van der Waals surface area (Å²) in [5, 5.41) is 0. The smallest absolute Gasteiger partial charge is 0.223 e. The van der Waals surface area contributed by atoms with Crippen molar-refractivity contribution >= 4 is 22.8 Å². The minimum atomic E-state index is 0.166. The average molecular weight is 385 g/mol. The van der Waals surface area contributed by atoms with Gasteiger partial charge in [0.1, 0.15) is 5.82 Å². The van der Waals surface area contributed by atoms with E-state index >= 15 is 0 Å². The first-order valence-electron chi connectivity index (χ1n) is 10.3. The third-order valence-corrected chi connectivity index (χ3v) is 5.86. The monoisotopic (exact) mass is 384 g/mol. The molecular formula is C22H32N4O2. The molecule has 0 radical (unpaired) electrons. The Bertz CT molecular complexity index is 817. The molecule has 1 atom stereocenters. The van der Waals surface area contributed by atoms with Gasteiger partial charge in [0.05, 0.1) is 11.0 Å². The number of aromatic amines is 1. The zero-order valence-corrected chi connectivity index (χ0v) is 17.5. The van der Waals surface area contributed by atoms with Crippen LogP contribution in [0.3, 0.4) is 0 Å². The van der Waals surface area contributed by atoms with E-state index < -0.39 is 0 Å².